The monoisotopic (exact) mass is 350 g/mol. The molecule has 0 aromatic carbocycles. The number of hydrogen-bond donors (Lipinski definition) is 6. The molecule has 0 aliphatic heterocycles. The SMILES string of the molecule is CSCCC(NC(=O)CNC(=O)CNC(=O)C(N)CO)C(=O)O. The summed E-state index contributed by atoms with van der Waals surface area (Å²) < 4.78 is 0. The molecule has 0 spiro atoms. The summed E-state index contributed by atoms with van der Waals surface area (Å²) >= 11 is 1.45. The van der Waals surface area contributed by atoms with Crippen LogP contribution in [0.1, 0.15) is 6.42 Å². The van der Waals surface area contributed by atoms with E-state index in [0.717, 1.165) is 0 Å². The van der Waals surface area contributed by atoms with Crippen molar-refractivity contribution in [2.24, 2.45) is 5.73 Å². The van der Waals surface area contributed by atoms with Crippen LogP contribution < -0.4 is 21.7 Å². The molecule has 0 saturated heterocycles. The van der Waals surface area contributed by atoms with E-state index in [1.807, 2.05) is 6.26 Å². The second-order valence-corrected chi connectivity index (χ2v) is 5.51. The van der Waals surface area contributed by atoms with Gasteiger partial charge in [-0.15, -0.1) is 0 Å². The molecule has 2 unspecified atom stereocenters. The minimum Gasteiger partial charge on any atom is -0.480 e. The fraction of sp³-hybridized carbons (Fsp3) is 0.667. The van der Waals surface area contributed by atoms with Crippen LogP contribution in [0.5, 0.6) is 0 Å². The van der Waals surface area contributed by atoms with Gasteiger partial charge in [-0.05, 0) is 18.4 Å². The number of aliphatic carboxylic acids is 1. The molecule has 0 bridgehead atoms. The summed E-state index contributed by atoms with van der Waals surface area (Å²) in [7, 11) is 0. The maximum absolute atomic E-state index is 11.6. The van der Waals surface area contributed by atoms with Crippen molar-refractivity contribution >= 4 is 35.5 Å². The first-order chi connectivity index (χ1) is 10.8. The lowest BCUT2D eigenvalue weighted by atomic mass is 10.2. The highest BCUT2D eigenvalue weighted by Crippen LogP contribution is 2.00. The smallest absolute Gasteiger partial charge is 0.326 e. The molecule has 23 heavy (non-hydrogen) atoms. The van der Waals surface area contributed by atoms with Gasteiger partial charge in [-0.3, -0.25) is 14.4 Å². The van der Waals surface area contributed by atoms with Crippen LogP contribution in [-0.4, -0.2) is 77.7 Å². The van der Waals surface area contributed by atoms with Crippen molar-refractivity contribution in [1.29, 1.82) is 0 Å². The second kappa shape index (κ2) is 11.7. The Morgan fingerprint density at radius 2 is 1.74 bits per heavy atom. The van der Waals surface area contributed by atoms with E-state index < -0.39 is 55.5 Å². The van der Waals surface area contributed by atoms with Crippen LogP contribution in [0.25, 0.3) is 0 Å². The molecular weight excluding hydrogens is 328 g/mol. The number of thioether (sulfide) groups is 1. The Balaban J connectivity index is 4.09. The van der Waals surface area contributed by atoms with Gasteiger partial charge in [0, 0.05) is 0 Å². The molecule has 11 heteroatoms. The lowest BCUT2D eigenvalue weighted by Crippen LogP contribution is -2.49. The number of carbonyl (C=O) groups is 4. The van der Waals surface area contributed by atoms with Gasteiger partial charge in [0.25, 0.3) is 0 Å². The van der Waals surface area contributed by atoms with Gasteiger partial charge in [-0.2, -0.15) is 11.8 Å². The number of aliphatic hydroxyl groups is 1. The Morgan fingerprint density at radius 1 is 1.13 bits per heavy atom. The topological polar surface area (TPSA) is 171 Å². The van der Waals surface area contributed by atoms with Crippen LogP contribution in [-0.2, 0) is 19.2 Å². The fourth-order valence-corrected chi connectivity index (χ4v) is 1.83. The van der Waals surface area contributed by atoms with Gasteiger partial charge < -0.3 is 31.9 Å². The number of aliphatic hydroxyl groups excluding tert-OH is 1. The third kappa shape index (κ3) is 9.71. The average molecular weight is 350 g/mol. The van der Waals surface area contributed by atoms with E-state index in [1.165, 1.54) is 11.8 Å². The number of nitrogens with one attached hydrogen (secondary N) is 3. The highest BCUT2D eigenvalue weighted by Gasteiger charge is 2.19. The lowest BCUT2D eigenvalue weighted by molar-refractivity contribution is -0.141. The first-order valence-electron chi connectivity index (χ1n) is 6.73. The number of nitrogens with two attached hydrogens (primary N) is 1. The number of rotatable bonds is 11. The molecule has 0 rings (SSSR count). The number of carboxylic acid groups (broad SMARTS) is 1. The predicted octanol–water partition coefficient (Wildman–Crippen LogP) is -3.14. The Morgan fingerprint density at radius 3 is 2.26 bits per heavy atom. The highest BCUT2D eigenvalue weighted by atomic mass is 32.2. The molecule has 132 valence electrons. The van der Waals surface area contributed by atoms with Crippen LogP contribution in [0.3, 0.4) is 0 Å². The molecule has 0 aliphatic carbocycles. The van der Waals surface area contributed by atoms with Crippen molar-refractivity contribution in [2.45, 2.75) is 18.5 Å². The van der Waals surface area contributed by atoms with Gasteiger partial charge in [0.15, 0.2) is 0 Å². The van der Waals surface area contributed by atoms with Crippen molar-refractivity contribution in [2.75, 3.05) is 31.7 Å². The summed E-state index contributed by atoms with van der Waals surface area (Å²) in [4.78, 5) is 45.2. The van der Waals surface area contributed by atoms with Crippen LogP contribution in [0, 0.1) is 0 Å². The van der Waals surface area contributed by atoms with E-state index in [1.54, 1.807) is 0 Å². The third-order valence-corrected chi connectivity index (χ3v) is 3.29. The van der Waals surface area contributed by atoms with Crippen molar-refractivity contribution in [1.82, 2.24) is 16.0 Å². The highest BCUT2D eigenvalue weighted by molar-refractivity contribution is 7.98. The molecule has 3 amide bonds. The normalized spacial score (nSPS) is 12.8. The fourth-order valence-electron chi connectivity index (χ4n) is 1.36. The maximum atomic E-state index is 11.6. The molecule has 2 atom stereocenters. The zero-order valence-electron chi connectivity index (χ0n) is 12.7. The van der Waals surface area contributed by atoms with E-state index in [9.17, 15) is 19.2 Å². The Kier molecular flexibility index (Phi) is 10.7. The number of carbonyl (C=O) groups excluding carboxylic acids is 3. The Labute approximate surface area is 137 Å². The molecule has 7 N–H and O–H groups in total. The molecule has 0 aliphatic rings. The van der Waals surface area contributed by atoms with Gasteiger partial charge in [-0.1, -0.05) is 0 Å². The van der Waals surface area contributed by atoms with E-state index in [2.05, 4.69) is 16.0 Å². The first kappa shape index (κ1) is 21.1. The average Bonchev–Trinajstić information content (AvgIpc) is 2.53. The molecular formula is C12H22N4O6S. The van der Waals surface area contributed by atoms with E-state index in [-0.39, 0.29) is 6.42 Å². The Hall–Kier alpha value is -1.85. The molecule has 0 aromatic heterocycles. The maximum Gasteiger partial charge on any atom is 0.326 e. The first-order valence-corrected chi connectivity index (χ1v) is 8.13. The summed E-state index contributed by atoms with van der Waals surface area (Å²) in [5, 5.41) is 24.3. The number of hydrogen-bond acceptors (Lipinski definition) is 7. The van der Waals surface area contributed by atoms with Crippen molar-refractivity contribution in [3.63, 3.8) is 0 Å². The van der Waals surface area contributed by atoms with Gasteiger partial charge in [-0.25, -0.2) is 4.79 Å². The summed E-state index contributed by atoms with van der Waals surface area (Å²) in [6.45, 7) is -1.37. The number of carboxylic acids is 1. The van der Waals surface area contributed by atoms with E-state index in [0.29, 0.717) is 5.75 Å². The standard InChI is InChI=1S/C12H22N4O6S/c1-23-3-2-8(12(21)22)16-10(19)5-14-9(18)4-15-11(20)7(13)6-17/h7-8,17H,2-6,13H2,1H3,(H,14,18)(H,15,20)(H,16,19)(H,21,22). The van der Waals surface area contributed by atoms with Crippen LogP contribution in [0.4, 0.5) is 0 Å². The van der Waals surface area contributed by atoms with E-state index in [4.69, 9.17) is 15.9 Å². The molecule has 0 saturated carbocycles. The van der Waals surface area contributed by atoms with Crippen LogP contribution in [0.2, 0.25) is 0 Å². The summed E-state index contributed by atoms with van der Waals surface area (Å²) in [6.07, 6.45) is 2.09. The van der Waals surface area contributed by atoms with Crippen molar-refractivity contribution < 1.29 is 29.4 Å². The van der Waals surface area contributed by atoms with Crippen LogP contribution >= 0.6 is 11.8 Å². The van der Waals surface area contributed by atoms with Gasteiger partial charge in [0.05, 0.1) is 19.7 Å². The molecule has 0 aromatic rings. The quantitative estimate of drug-likeness (QED) is 0.227. The largest absolute Gasteiger partial charge is 0.480 e. The molecule has 0 fully saturated rings. The van der Waals surface area contributed by atoms with E-state index >= 15 is 0 Å². The van der Waals surface area contributed by atoms with Crippen molar-refractivity contribution in [3.8, 4) is 0 Å². The Bertz CT molecular complexity index is 434. The molecule has 0 radical (unpaired) electrons. The second-order valence-electron chi connectivity index (χ2n) is 4.52. The zero-order valence-corrected chi connectivity index (χ0v) is 13.5. The summed E-state index contributed by atoms with van der Waals surface area (Å²) in [5.41, 5.74) is 5.23. The molecule has 10 nitrogen and oxygen atoms in total. The van der Waals surface area contributed by atoms with Gasteiger partial charge >= 0.3 is 5.97 Å². The lowest BCUT2D eigenvalue weighted by Gasteiger charge is -2.14. The number of amides is 3. The summed E-state index contributed by atoms with van der Waals surface area (Å²) in [6, 6.07) is -2.15. The minimum atomic E-state index is -1.15. The molecule has 0 heterocycles. The third-order valence-electron chi connectivity index (χ3n) is 2.65. The van der Waals surface area contributed by atoms with Crippen molar-refractivity contribution in [3.05, 3.63) is 0 Å². The van der Waals surface area contributed by atoms with Gasteiger partial charge in [0.2, 0.25) is 17.7 Å². The van der Waals surface area contributed by atoms with Gasteiger partial charge in [0.1, 0.15) is 12.1 Å². The van der Waals surface area contributed by atoms with Crippen LogP contribution in [0.15, 0.2) is 0 Å². The predicted molar refractivity (Wildman–Crippen MR) is 83.6 cm³/mol. The minimum absolute atomic E-state index is 0.269. The zero-order chi connectivity index (χ0) is 17.8. The summed E-state index contributed by atoms with van der Waals surface area (Å²) in [5.74, 6) is -2.57.